The largest absolute Gasteiger partial charge is 0.756 e. The number of allylic oxidation sites excluding steroid dienone is 5. The number of hydrogen-bond donors (Lipinski definition) is 2. The average Bonchev–Trinajstić information content (AvgIpc) is 3.16. The molecule has 3 atom stereocenters. The van der Waals surface area contributed by atoms with Crippen LogP contribution in [0.4, 0.5) is 0 Å². The molecule has 0 radical (unpaired) electrons. The highest BCUT2D eigenvalue weighted by Gasteiger charge is 2.23. The van der Waals surface area contributed by atoms with Crippen LogP contribution in [0.15, 0.2) is 36.5 Å². The molecular weight excluding hydrogens is 732 g/mol. The second-order valence-corrected chi connectivity index (χ2v) is 18.9. The number of likely N-dealkylation sites (N-methyl/N-ethyl adjacent to an activating group) is 1. The maximum absolute atomic E-state index is 12.9. The SMILES string of the molecule is CCCCCCCCC/C=C\CCCCCCCCCC(=O)NC(COP(=O)([O-])OCC[N+](C)(C)C)C(O)/C=C/CC/C=C/CCCCCCCCCCCCC. The van der Waals surface area contributed by atoms with Gasteiger partial charge >= 0.3 is 0 Å². The number of carbonyl (C=O) groups is 1. The van der Waals surface area contributed by atoms with Crippen LogP contribution in [0, 0.1) is 0 Å². The fourth-order valence-corrected chi connectivity index (χ4v) is 7.47. The van der Waals surface area contributed by atoms with Crippen LogP contribution in [-0.4, -0.2) is 68.5 Å². The lowest BCUT2D eigenvalue weighted by Crippen LogP contribution is -2.45. The van der Waals surface area contributed by atoms with Crippen molar-refractivity contribution in [3.63, 3.8) is 0 Å². The molecule has 0 aromatic heterocycles. The Kier molecular flexibility index (Phi) is 39.2. The summed E-state index contributed by atoms with van der Waals surface area (Å²) in [5.41, 5.74) is 0. The van der Waals surface area contributed by atoms with Crippen LogP contribution in [0.25, 0.3) is 0 Å². The van der Waals surface area contributed by atoms with E-state index >= 15 is 0 Å². The standard InChI is InChI=1S/C48H93N2O6P/c1-6-8-10-12-14-16-18-20-22-24-26-28-30-32-34-36-38-40-42-48(52)49-46(45-56-57(53,54)55-44-43-50(3,4)5)47(51)41-39-37-35-33-31-29-27-25-23-21-19-17-15-13-11-9-7-2/h22,24,31,33,39,41,46-47,51H,6-21,23,25-30,32,34-38,40,42-45H2,1-5H3,(H-,49,52,53,54)/b24-22-,33-31+,41-39+. The minimum atomic E-state index is -4.60. The molecule has 0 aliphatic heterocycles. The van der Waals surface area contributed by atoms with Gasteiger partial charge in [0.1, 0.15) is 13.2 Å². The molecule has 0 heterocycles. The first-order valence-electron chi connectivity index (χ1n) is 23.9. The molecular formula is C48H93N2O6P. The van der Waals surface area contributed by atoms with Gasteiger partial charge < -0.3 is 28.8 Å². The van der Waals surface area contributed by atoms with Crippen LogP contribution in [0.3, 0.4) is 0 Å². The first kappa shape index (κ1) is 55.7. The van der Waals surface area contributed by atoms with Gasteiger partial charge in [-0.15, -0.1) is 0 Å². The minimum absolute atomic E-state index is 0.00701. The lowest BCUT2D eigenvalue weighted by molar-refractivity contribution is -0.870. The van der Waals surface area contributed by atoms with E-state index in [1.807, 2.05) is 27.2 Å². The number of quaternary nitrogens is 1. The molecule has 0 spiro atoms. The van der Waals surface area contributed by atoms with Gasteiger partial charge in [0.25, 0.3) is 7.82 Å². The number of rotatable bonds is 43. The van der Waals surface area contributed by atoms with Gasteiger partial charge in [-0.3, -0.25) is 9.36 Å². The Balaban J connectivity index is 4.42. The molecule has 0 aliphatic rings. The number of amides is 1. The Hall–Kier alpha value is -1.28. The summed E-state index contributed by atoms with van der Waals surface area (Å²) < 4.78 is 23.2. The topological polar surface area (TPSA) is 108 Å². The molecule has 0 saturated heterocycles. The third-order valence-electron chi connectivity index (χ3n) is 10.6. The third kappa shape index (κ3) is 42.6. The second kappa shape index (κ2) is 40.1. The number of carbonyl (C=O) groups excluding carboxylic acids is 1. The number of nitrogens with zero attached hydrogens (tertiary/aromatic N) is 1. The van der Waals surface area contributed by atoms with E-state index in [9.17, 15) is 19.4 Å². The smallest absolute Gasteiger partial charge is 0.268 e. The molecule has 0 aromatic rings. The quantitative estimate of drug-likeness (QED) is 0.0274. The molecule has 0 bridgehead atoms. The zero-order chi connectivity index (χ0) is 42.1. The first-order valence-corrected chi connectivity index (χ1v) is 25.3. The average molecular weight is 825 g/mol. The highest BCUT2D eigenvalue weighted by atomic mass is 31.2. The number of phosphoric ester groups is 1. The summed E-state index contributed by atoms with van der Waals surface area (Å²) in [6.07, 6.45) is 49.1. The fraction of sp³-hybridized carbons (Fsp3) is 0.854. The molecule has 2 N–H and O–H groups in total. The Morgan fingerprint density at radius 2 is 0.982 bits per heavy atom. The highest BCUT2D eigenvalue weighted by molar-refractivity contribution is 7.45. The summed E-state index contributed by atoms with van der Waals surface area (Å²) in [4.78, 5) is 25.3. The molecule has 9 heteroatoms. The van der Waals surface area contributed by atoms with Crippen molar-refractivity contribution in [3.8, 4) is 0 Å². The molecule has 57 heavy (non-hydrogen) atoms. The van der Waals surface area contributed by atoms with Gasteiger partial charge in [-0.2, -0.15) is 0 Å². The third-order valence-corrected chi connectivity index (χ3v) is 11.5. The summed E-state index contributed by atoms with van der Waals surface area (Å²) in [5.74, 6) is -0.212. The molecule has 0 rings (SSSR count). The zero-order valence-electron chi connectivity index (χ0n) is 38.0. The van der Waals surface area contributed by atoms with Crippen LogP contribution >= 0.6 is 7.82 Å². The Morgan fingerprint density at radius 3 is 1.42 bits per heavy atom. The van der Waals surface area contributed by atoms with Crippen molar-refractivity contribution in [1.82, 2.24) is 5.32 Å². The number of unbranched alkanes of at least 4 members (excludes halogenated alkanes) is 26. The fourth-order valence-electron chi connectivity index (χ4n) is 6.75. The lowest BCUT2D eigenvalue weighted by Gasteiger charge is -2.29. The summed E-state index contributed by atoms with van der Waals surface area (Å²) in [6, 6.07) is -0.903. The van der Waals surface area contributed by atoms with E-state index in [1.165, 1.54) is 154 Å². The van der Waals surface area contributed by atoms with Gasteiger partial charge in [0.15, 0.2) is 0 Å². The predicted molar refractivity (Wildman–Crippen MR) is 242 cm³/mol. The Bertz CT molecular complexity index is 1030. The maximum Gasteiger partial charge on any atom is 0.268 e. The lowest BCUT2D eigenvalue weighted by atomic mass is 10.1. The number of aliphatic hydroxyl groups is 1. The predicted octanol–water partition coefficient (Wildman–Crippen LogP) is 12.8. The van der Waals surface area contributed by atoms with Gasteiger partial charge in [-0.05, 0) is 57.8 Å². The molecule has 0 aromatic carbocycles. The van der Waals surface area contributed by atoms with E-state index in [0.717, 1.165) is 38.5 Å². The summed E-state index contributed by atoms with van der Waals surface area (Å²) in [5, 5.41) is 13.8. The first-order chi connectivity index (χ1) is 27.5. The van der Waals surface area contributed by atoms with Crippen LogP contribution in [0.1, 0.15) is 213 Å². The van der Waals surface area contributed by atoms with Crippen LogP contribution in [0.5, 0.6) is 0 Å². The monoisotopic (exact) mass is 825 g/mol. The minimum Gasteiger partial charge on any atom is -0.756 e. The number of aliphatic hydroxyl groups excluding tert-OH is 1. The van der Waals surface area contributed by atoms with Crippen LogP contribution < -0.4 is 10.2 Å². The summed E-state index contributed by atoms with van der Waals surface area (Å²) in [7, 11) is 1.24. The van der Waals surface area contributed by atoms with Crippen molar-refractivity contribution in [2.45, 2.75) is 225 Å². The van der Waals surface area contributed by atoms with Gasteiger partial charge in [0.05, 0.1) is 39.9 Å². The van der Waals surface area contributed by atoms with Crippen molar-refractivity contribution >= 4 is 13.7 Å². The molecule has 1 amide bonds. The Labute approximate surface area is 353 Å². The zero-order valence-corrected chi connectivity index (χ0v) is 38.9. The van der Waals surface area contributed by atoms with Crippen molar-refractivity contribution in [2.75, 3.05) is 40.9 Å². The van der Waals surface area contributed by atoms with E-state index in [2.05, 4.69) is 43.5 Å². The van der Waals surface area contributed by atoms with Gasteiger partial charge in [-0.25, -0.2) is 0 Å². The second-order valence-electron chi connectivity index (χ2n) is 17.5. The Morgan fingerprint density at radius 1 is 0.596 bits per heavy atom. The van der Waals surface area contributed by atoms with E-state index in [0.29, 0.717) is 17.4 Å². The number of hydrogen-bond acceptors (Lipinski definition) is 6. The van der Waals surface area contributed by atoms with E-state index in [-0.39, 0.29) is 12.5 Å². The number of phosphoric acid groups is 1. The number of nitrogens with one attached hydrogen (secondary N) is 1. The molecule has 0 fully saturated rings. The van der Waals surface area contributed by atoms with Gasteiger partial charge in [0, 0.05) is 6.42 Å². The maximum atomic E-state index is 12.9. The molecule has 0 saturated carbocycles. The molecule has 8 nitrogen and oxygen atoms in total. The van der Waals surface area contributed by atoms with Crippen molar-refractivity contribution in [1.29, 1.82) is 0 Å². The van der Waals surface area contributed by atoms with Crippen molar-refractivity contribution < 1.29 is 32.9 Å². The van der Waals surface area contributed by atoms with E-state index in [1.54, 1.807) is 6.08 Å². The molecule has 3 unspecified atom stereocenters. The van der Waals surface area contributed by atoms with E-state index in [4.69, 9.17) is 9.05 Å². The summed E-state index contributed by atoms with van der Waals surface area (Å²) >= 11 is 0. The van der Waals surface area contributed by atoms with Crippen LogP contribution in [-0.2, 0) is 18.4 Å². The summed E-state index contributed by atoms with van der Waals surface area (Å²) in [6.45, 7) is 4.62. The van der Waals surface area contributed by atoms with E-state index < -0.39 is 26.6 Å². The molecule has 0 aliphatic carbocycles. The normalized spacial score (nSPS) is 14.6. The van der Waals surface area contributed by atoms with Crippen molar-refractivity contribution in [2.24, 2.45) is 0 Å². The van der Waals surface area contributed by atoms with Crippen LogP contribution in [0.2, 0.25) is 0 Å². The van der Waals surface area contributed by atoms with Crippen molar-refractivity contribution in [3.05, 3.63) is 36.5 Å². The van der Waals surface area contributed by atoms with Gasteiger partial charge in [-0.1, -0.05) is 185 Å². The van der Waals surface area contributed by atoms with Gasteiger partial charge in [0.2, 0.25) is 5.91 Å². The highest BCUT2D eigenvalue weighted by Crippen LogP contribution is 2.38. The molecule has 336 valence electrons.